The molecule has 114 valence electrons. The van der Waals surface area contributed by atoms with Crippen LogP contribution in [0.2, 0.25) is 0 Å². The molecule has 0 bridgehead atoms. The van der Waals surface area contributed by atoms with E-state index >= 15 is 0 Å². The van der Waals surface area contributed by atoms with Gasteiger partial charge in [-0.1, -0.05) is 6.42 Å². The predicted octanol–water partition coefficient (Wildman–Crippen LogP) is 3.15. The molecule has 1 aliphatic carbocycles. The number of aromatic nitrogens is 2. The van der Waals surface area contributed by atoms with Crippen molar-refractivity contribution in [3.8, 4) is 0 Å². The summed E-state index contributed by atoms with van der Waals surface area (Å²) in [6.45, 7) is 5.83. The summed E-state index contributed by atoms with van der Waals surface area (Å²) in [5.41, 5.74) is 13.6. The van der Waals surface area contributed by atoms with E-state index in [9.17, 15) is 0 Å². The number of hydrogen-bond acceptors (Lipinski definition) is 3. The van der Waals surface area contributed by atoms with Gasteiger partial charge in [-0.2, -0.15) is 0 Å². The average molecular weight is 287 g/mol. The molecular formula is C17H25N3O. The molecule has 4 heteroatoms. The van der Waals surface area contributed by atoms with E-state index in [-0.39, 0.29) is 0 Å². The molecule has 2 N–H and O–H groups in total. The number of fused-ring (bicyclic) bond motifs is 2. The van der Waals surface area contributed by atoms with Crippen molar-refractivity contribution in [3.05, 3.63) is 22.5 Å². The standard InChI is InChI=1S/C17H25N3O/c1-11-12(2)20(9-10-21-3)17-15(11)16(18)13-7-5-4-6-8-14(13)19-17/h4-10H2,1-3H3,(H2,18,19). The van der Waals surface area contributed by atoms with Crippen LogP contribution >= 0.6 is 0 Å². The highest BCUT2D eigenvalue weighted by atomic mass is 16.5. The van der Waals surface area contributed by atoms with Gasteiger partial charge in [-0.3, -0.25) is 0 Å². The molecule has 2 heterocycles. The number of methoxy groups -OCH3 is 1. The van der Waals surface area contributed by atoms with Crippen molar-refractivity contribution in [2.24, 2.45) is 0 Å². The zero-order chi connectivity index (χ0) is 15.0. The van der Waals surface area contributed by atoms with Gasteiger partial charge >= 0.3 is 0 Å². The molecule has 2 aromatic heterocycles. The van der Waals surface area contributed by atoms with Crippen molar-refractivity contribution in [2.75, 3.05) is 19.5 Å². The van der Waals surface area contributed by atoms with Crippen molar-refractivity contribution in [1.82, 2.24) is 9.55 Å². The second-order valence-electron chi connectivity index (χ2n) is 6.06. The minimum Gasteiger partial charge on any atom is -0.398 e. The Morgan fingerprint density at radius 3 is 2.71 bits per heavy atom. The van der Waals surface area contributed by atoms with Gasteiger partial charge in [-0.05, 0) is 50.7 Å². The molecule has 0 spiro atoms. The van der Waals surface area contributed by atoms with Gasteiger partial charge in [0.05, 0.1) is 6.61 Å². The maximum absolute atomic E-state index is 6.54. The van der Waals surface area contributed by atoms with Gasteiger partial charge in [0.2, 0.25) is 0 Å². The summed E-state index contributed by atoms with van der Waals surface area (Å²) < 4.78 is 7.50. The van der Waals surface area contributed by atoms with Gasteiger partial charge in [0.25, 0.3) is 0 Å². The van der Waals surface area contributed by atoms with Crippen LogP contribution in [-0.4, -0.2) is 23.3 Å². The summed E-state index contributed by atoms with van der Waals surface area (Å²) in [7, 11) is 1.74. The molecule has 0 aliphatic heterocycles. The SMILES string of the molecule is COCCn1c(C)c(C)c2c(N)c3c(nc21)CCCCC3. The third-order valence-electron chi connectivity index (χ3n) is 4.84. The molecule has 0 fully saturated rings. The lowest BCUT2D eigenvalue weighted by Crippen LogP contribution is -2.08. The van der Waals surface area contributed by atoms with Crippen molar-refractivity contribution in [2.45, 2.75) is 52.5 Å². The average Bonchev–Trinajstić information content (AvgIpc) is 2.65. The number of aryl methyl sites for hydroxylation is 2. The number of hydrogen-bond donors (Lipinski definition) is 1. The molecule has 0 saturated carbocycles. The Kier molecular flexibility index (Phi) is 3.89. The summed E-state index contributed by atoms with van der Waals surface area (Å²) in [5, 5.41) is 1.16. The highest BCUT2D eigenvalue weighted by molar-refractivity contribution is 5.95. The van der Waals surface area contributed by atoms with Crippen LogP contribution in [0.5, 0.6) is 0 Å². The monoisotopic (exact) mass is 287 g/mol. The summed E-state index contributed by atoms with van der Waals surface area (Å²) in [4.78, 5) is 5.00. The van der Waals surface area contributed by atoms with Gasteiger partial charge in [-0.15, -0.1) is 0 Å². The van der Waals surface area contributed by atoms with E-state index < -0.39 is 0 Å². The van der Waals surface area contributed by atoms with Crippen LogP contribution in [0.15, 0.2) is 0 Å². The number of pyridine rings is 1. The van der Waals surface area contributed by atoms with Crippen LogP contribution in [0.1, 0.15) is 41.8 Å². The quantitative estimate of drug-likeness (QED) is 0.882. The van der Waals surface area contributed by atoms with E-state index in [0.717, 1.165) is 36.1 Å². The molecule has 0 radical (unpaired) electrons. The number of nitrogen functional groups attached to an aromatic ring is 1. The Balaban J connectivity index is 2.24. The highest BCUT2D eigenvalue weighted by Gasteiger charge is 2.21. The molecule has 21 heavy (non-hydrogen) atoms. The van der Waals surface area contributed by atoms with Gasteiger partial charge in [0.1, 0.15) is 5.65 Å². The maximum Gasteiger partial charge on any atom is 0.142 e. The van der Waals surface area contributed by atoms with E-state index in [0.29, 0.717) is 6.61 Å². The number of nitrogens with zero attached hydrogens (tertiary/aromatic N) is 2. The summed E-state index contributed by atoms with van der Waals surface area (Å²) in [6, 6.07) is 0. The van der Waals surface area contributed by atoms with Crippen molar-refractivity contribution < 1.29 is 4.74 Å². The fraction of sp³-hybridized carbons (Fsp3) is 0.588. The Hall–Kier alpha value is -1.55. The highest BCUT2D eigenvalue weighted by Crippen LogP contribution is 2.35. The summed E-state index contributed by atoms with van der Waals surface area (Å²) in [6.07, 6.45) is 5.87. The van der Waals surface area contributed by atoms with Crippen molar-refractivity contribution in [1.29, 1.82) is 0 Å². The molecule has 0 aromatic carbocycles. The van der Waals surface area contributed by atoms with Gasteiger partial charge < -0.3 is 15.0 Å². The van der Waals surface area contributed by atoms with E-state index in [2.05, 4.69) is 18.4 Å². The first-order valence-electron chi connectivity index (χ1n) is 7.90. The second-order valence-corrected chi connectivity index (χ2v) is 6.06. The van der Waals surface area contributed by atoms with Crippen LogP contribution in [0.25, 0.3) is 11.0 Å². The van der Waals surface area contributed by atoms with Crippen LogP contribution in [0, 0.1) is 13.8 Å². The van der Waals surface area contributed by atoms with Crippen LogP contribution in [0.3, 0.4) is 0 Å². The predicted molar refractivity (Wildman–Crippen MR) is 86.8 cm³/mol. The molecule has 1 aliphatic rings. The number of rotatable bonds is 3. The van der Waals surface area contributed by atoms with E-state index in [1.807, 2.05) is 0 Å². The minimum atomic E-state index is 0.697. The molecule has 0 atom stereocenters. The molecular weight excluding hydrogens is 262 g/mol. The fourth-order valence-electron chi connectivity index (χ4n) is 3.50. The lowest BCUT2D eigenvalue weighted by Gasteiger charge is -2.12. The van der Waals surface area contributed by atoms with Gasteiger partial charge in [-0.25, -0.2) is 4.98 Å². The molecule has 0 amide bonds. The van der Waals surface area contributed by atoms with Crippen molar-refractivity contribution >= 4 is 16.7 Å². The topological polar surface area (TPSA) is 53.1 Å². The van der Waals surface area contributed by atoms with Crippen LogP contribution < -0.4 is 5.73 Å². The van der Waals surface area contributed by atoms with Crippen molar-refractivity contribution in [3.63, 3.8) is 0 Å². The largest absolute Gasteiger partial charge is 0.398 e. The Morgan fingerprint density at radius 2 is 1.95 bits per heavy atom. The van der Waals surface area contributed by atoms with E-state index in [1.54, 1.807) is 7.11 Å². The molecule has 0 unspecified atom stereocenters. The Morgan fingerprint density at radius 1 is 1.19 bits per heavy atom. The van der Waals surface area contributed by atoms with Crippen LogP contribution in [-0.2, 0) is 24.1 Å². The normalized spacial score (nSPS) is 15.2. The zero-order valence-corrected chi connectivity index (χ0v) is 13.3. The zero-order valence-electron chi connectivity index (χ0n) is 13.3. The summed E-state index contributed by atoms with van der Waals surface area (Å²) in [5.74, 6) is 0. The second kappa shape index (κ2) is 5.68. The fourth-order valence-corrected chi connectivity index (χ4v) is 3.50. The molecule has 2 aromatic rings. The van der Waals surface area contributed by atoms with E-state index in [4.69, 9.17) is 15.5 Å². The smallest absolute Gasteiger partial charge is 0.142 e. The first-order chi connectivity index (χ1) is 10.1. The molecule has 3 rings (SSSR count). The Labute approximate surface area is 126 Å². The maximum atomic E-state index is 6.54. The van der Waals surface area contributed by atoms with E-state index in [1.165, 1.54) is 41.8 Å². The molecule has 4 nitrogen and oxygen atoms in total. The number of anilines is 1. The Bertz CT molecular complexity index is 673. The summed E-state index contributed by atoms with van der Waals surface area (Å²) >= 11 is 0. The lowest BCUT2D eigenvalue weighted by atomic mass is 10.0. The molecule has 0 saturated heterocycles. The minimum absolute atomic E-state index is 0.697. The van der Waals surface area contributed by atoms with Crippen LogP contribution in [0.4, 0.5) is 5.69 Å². The first-order valence-corrected chi connectivity index (χ1v) is 7.90. The third kappa shape index (κ3) is 2.31. The first kappa shape index (κ1) is 14.4. The number of ether oxygens (including phenoxy) is 1. The van der Waals surface area contributed by atoms with Gasteiger partial charge in [0, 0.05) is 36.1 Å². The van der Waals surface area contributed by atoms with Gasteiger partial charge in [0.15, 0.2) is 0 Å². The number of nitrogens with two attached hydrogens (primary N) is 1. The lowest BCUT2D eigenvalue weighted by molar-refractivity contribution is 0.187. The third-order valence-corrected chi connectivity index (χ3v) is 4.84.